The predicted molar refractivity (Wildman–Crippen MR) is 90.5 cm³/mol. The molecule has 1 aliphatic heterocycles. The van der Waals surface area contributed by atoms with Crippen LogP contribution in [-0.2, 0) is 16.0 Å². The van der Waals surface area contributed by atoms with E-state index < -0.39 is 23.8 Å². The Morgan fingerprint density at radius 1 is 1.32 bits per heavy atom. The van der Waals surface area contributed by atoms with Crippen LogP contribution in [0.4, 0.5) is 9.18 Å². The molecule has 0 aromatic heterocycles. The van der Waals surface area contributed by atoms with Gasteiger partial charge in [0.2, 0.25) is 5.91 Å². The predicted octanol–water partition coefficient (Wildman–Crippen LogP) is 1.85. The zero-order valence-electron chi connectivity index (χ0n) is 14.8. The van der Waals surface area contributed by atoms with Gasteiger partial charge in [-0.1, -0.05) is 12.1 Å². The van der Waals surface area contributed by atoms with Crippen molar-refractivity contribution >= 4 is 12.0 Å². The molecule has 138 valence electrons. The van der Waals surface area contributed by atoms with Gasteiger partial charge in [-0.25, -0.2) is 9.18 Å². The minimum atomic E-state index is -0.752. The molecule has 0 bridgehead atoms. The number of nitrogens with zero attached hydrogens (tertiary/aromatic N) is 1. The van der Waals surface area contributed by atoms with Crippen LogP contribution in [0.15, 0.2) is 24.3 Å². The molecule has 0 radical (unpaired) electrons. The van der Waals surface area contributed by atoms with Gasteiger partial charge in [0.05, 0.1) is 12.6 Å². The standard InChI is InChI=1S/C18H25FN2O4/c1-18(2,3)25-17(24)21-11-14(22)10-15(21)16(23)20-9-8-12-4-6-13(19)7-5-12/h4-7,14-15,22H,8-11H2,1-3H3,(H,20,23)/t14-,15+/m0/s1. The van der Waals surface area contributed by atoms with Crippen LogP contribution in [0.5, 0.6) is 0 Å². The van der Waals surface area contributed by atoms with Gasteiger partial charge in [0.1, 0.15) is 17.5 Å². The number of halogens is 1. The number of benzene rings is 1. The number of ether oxygens (including phenoxy) is 1. The van der Waals surface area contributed by atoms with Crippen LogP contribution in [0.25, 0.3) is 0 Å². The minimum Gasteiger partial charge on any atom is -0.444 e. The Labute approximate surface area is 147 Å². The third kappa shape index (κ3) is 5.70. The summed E-state index contributed by atoms with van der Waals surface area (Å²) in [5, 5.41) is 12.6. The van der Waals surface area contributed by atoms with Crippen LogP contribution < -0.4 is 5.32 Å². The van der Waals surface area contributed by atoms with Crippen molar-refractivity contribution in [2.24, 2.45) is 0 Å². The molecule has 2 amide bonds. The van der Waals surface area contributed by atoms with E-state index >= 15 is 0 Å². The summed E-state index contributed by atoms with van der Waals surface area (Å²) in [6.07, 6.45) is -0.627. The molecule has 25 heavy (non-hydrogen) atoms. The summed E-state index contributed by atoms with van der Waals surface area (Å²) < 4.78 is 18.2. The fraction of sp³-hybridized carbons (Fsp3) is 0.556. The van der Waals surface area contributed by atoms with Gasteiger partial charge in [0, 0.05) is 13.0 Å². The Balaban J connectivity index is 1.89. The second-order valence-corrected chi connectivity index (χ2v) is 7.21. The van der Waals surface area contributed by atoms with E-state index in [4.69, 9.17) is 4.74 Å². The first kappa shape index (κ1) is 19.2. The minimum absolute atomic E-state index is 0.0744. The number of hydrogen-bond donors (Lipinski definition) is 2. The molecule has 1 aromatic rings. The number of rotatable bonds is 4. The third-order valence-corrected chi connectivity index (χ3v) is 3.84. The van der Waals surface area contributed by atoms with Crippen molar-refractivity contribution in [2.45, 2.75) is 51.4 Å². The zero-order valence-corrected chi connectivity index (χ0v) is 14.8. The fourth-order valence-electron chi connectivity index (χ4n) is 2.68. The van der Waals surface area contributed by atoms with Gasteiger partial charge in [0.15, 0.2) is 0 Å². The topological polar surface area (TPSA) is 78.9 Å². The Bertz CT molecular complexity index is 612. The van der Waals surface area contributed by atoms with Crippen molar-refractivity contribution in [3.05, 3.63) is 35.6 Å². The highest BCUT2D eigenvalue weighted by Crippen LogP contribution is 2.21. The molecule has 6 nitrogen and oxygen atoms in total. The van der Waals surface area contributed by atoms with Crippen LogP contribution in [0.1, 0.15) is 32.8 Å². The number of aliphatic hydroxyl groups excluding tert-OH is 1. The molecule has 0 unspecified atom stereocenters. The number of amides is 2. The van der Waals surface area contributed by atoms with Gasteiger partial charge < -0.3 is 15.2 Å². The average molecular weight is 352 g/mol. The normalized spacial score (nSPS) is 20.4. The first-order chi connectivity index (χ1) is 11.7. The molecule has 2 N–H and O–H groups in total. The van der Waals surface area contributed by atoms with Crippen LogP contribution >= 0.6 is 0 Å². The van der Waals surface area contributed by atoms with E-state index in [-0.39, 0.29) is 24.7 Å². The van der Waals surface area contributed by atoms with Crippen LogP contribution in [0, 0.1) is 5.82 Å². The van der Waals surface area contributed by atoms with E-state index in [0.717, 1.165) is 5.56 Å². The summed E-state index contributed by atoms with van der Waals surface area (Å²) in [5.41, 5.74) is 0.228. The summed E-state index contributed by atoms with van der Waals surface area (Å²) >= 11 is 0. The number of carbonyl (C=O) groups excluding carboxylic acids is 2. The van der Waals surface area contributed by atoms with E-state index in [0.29, 0.717) is 13.0 Å². The van der Waals surface area contributed by atoms with Crippen LogP contribution in [0.3, 0.4) is 0 Å². The maximum absolute atomic E-state index is 12.9. The van der Waals surface area contributed by atoms with Gasteiger partial charge >= 0.3 is 6.09 Å². The lowest BCUT2D eigenvalue weighted by atomic mass is 10.1. The molecule has 1 aromatic carbocycles. The Morgan fingerprint density at radius 2 is 1.96 bits per heavy atom. The number of nitrogens with one attached hydrogen (secondary N) is 1. The molecular weight excluding hydrogens is 327 g/mol. The Hall–Kier alpha value is -2.15. The molecular formula is C18H25FN2O4. The van der Waals surface area contributed by atoms with Gasteiger partial charge in [-0.05, 0) is 44.9 Å². The lowest BCUT2D eigenvalue weighted by molar-refractivity contribution is -0.125. The SMILES string of the molecule is CC(C)(C)OC(=O)N1C[C@@H](O)C[C@@H]1C(=O)NCCc1ccc(F)cc1. The summed E-state index contributed by atoms with van der Waals surface area (Å²) in [6, 6.07) is 5.31. The maximum Gasteiger partial charge on any atom is 0.411 e. The number of likely N-dealkylation sites (tertiary alicyclic amines) is 1. The number of carbonyl (C=O) groups is 2. The van der Waals surface area contributed by atoms with Gasteiger partial charge in [0.25, 0.3) is 0 Å². The van der Waals surface area contributed by atoms with Gasteiger partial charge in [-0.3, -0.25) is 9.69 Å². The second-order valence-electron chi connectivity index (χ2n) is 7.21. The molecule has 0 saturated carbocycles. The van der Waals surface area contributed by atoms with Crippen LogP contribution in [-0.4, -0.2) is 52.8 Å². The third-order valence-electron chi connectivity index (χ3n) is 3.84. The lowest BCUT2D eigenvalue weighted by Gasteiger charge is -2.27. The highest BCUT2D eigenvalue weighted by Gasteiger charge is 2.40. The largest absolute Gasteiger partial charge is 0.444 e. The molecule has 1 fully saturated rings. The molecule has 1 aliphatic rings. The summed E-state index contributed by atoms with van der Waals surface area (Å²) in [5.74, 6) is -0.634. The number of β-amino-alcohol motifs (C(OH)–C–C–N with tert-alkyl or cyclic N) is 1. The van der Waals surface area contributed by atoms with E-state index in [1.165, 1.54) is 17.0 Å². The first-order valence-electron chi connectivity index (χ1n) is 8.35. The van der Waals surface area contributed by atoms with Crippen molar-refractivity contribution in [2.75, 3.05) is 13.1 Å². The first-order valence-corrected chi connectivity index (χ1v) is 8.35. The molecule has 1 heterocycles. The van der Waals surface area contributed by atoms with E-state index in [2.05, 4.69) is 5.32 Å². The molecule has 0 spiro atoms. The number of hydrogen-bond acceptors (Lipinski definition) is 4. The lowest BCUT2D eigenvalue weighted by Crippen LogP contribution is -2.47. The van der Waals surface area contributed by atoms with E-state index in [9.17, 15) is 19.1 Å². The Morgan fingerprint density at radius 3 is 2.56 bits per heavy atom. The molecule has 2 atom stereocenters. The van der Waals surface area contributed by atoms with Crippen molar-refractivity contribution in [1.82, 2.24) is 10.2 Å². The smallest absolute Gasteiger partial charge is 0.411 e. The molecule has 2 rings (SSSR count). The van der Waals surface area contributed by atoms with Gasteiger partial charge in [-0.15, -0.1) is 0 Å². The average Bonchev–Trinajstić information content (AvgIpc) is 2.90. The van der Waals surface area contributed by atoms with Crippen molar-refractivity contribution in [3.8, 4) is 0 Å². The molecule has 0 aliphatic carbocycles. The van der Waals surface area contributed by atoms with Crippen LogP contribution in [0.2, 0.25) is 0 Å². The quantitative estimate of drug-likeness (QED) is 0.867. The van der Waals surface area contributed by atoms with Gasteiger partial charge in [-0.2, -0.15) is 0 Å². The summed E-state index contributed by atoms with van der Waals surface area (Å²) in [4.78, 5) is 25.9. The van der Waals surface area contributed by atoms with E-state index in [1.54, 1.807) is 32.9 Å². The second kappa shape index (κ2) is 7.82. The monoisotopic (exact) mass is 352 g/mol. The number of aliphatic hydroxyl groups is 1. The molecule has 7 heteroatoms. The molecule has 1 saturated heterocycles. The Kier molecular flexibility index (Phi) is 6.00. The summed E-state index contributed by atoms with van der Waals surface area (Å²) in [7, 11) is 0. The maximum atomic E-state index is 12.9. The van der Waals surface area contributed by atoms with E-state index in [1.807, 2.05) is 0 Å². The zero-order chi connectivity index (χ0) is 18.6. The fourth-order valence-corrected chi connectivity index (χ4v) is 2.68. The highest BCUT2D eigenvalue weighted by molar-refractivity contribution is 5.86. The van der Waals surface area contributed by atoms with Crippen molar-refractivity contribution < 1.29 is 23.8 Å². The summed E-state index contributed by atoms with van der Waals surface area (Å²) in [6.45, 7) is 5.67. The van der Waals surface area contributed by atoms with Crippen molar-refractivity contribution in [1.29, 1.82) is 0 Å². The van der Waals surface area contributed by atoms with Crippen molar-refractivity contribution in [3.63, 3.8) is 0 Å². The highest BCUT2D eigenvalue weighted by atomic mass is 19.1.